The molecule has 0 spiro atoms. The van der Waals surface area contributed by atoms with Crippen molar-refractivity contribution in [1.29, 1.82) is 0 Å². The number of benzene rings is 2. The Balaban J connectivity index is 1.79. The van der Waals surface area contributed by atoms with Gasteiger partial charge in [-0.1, -0.05) is 86.2 Å². The molecule has 2 fully saturated rings. The SMILES string of the molecule is CC1(C)/C(=C\C(c2ccccc2)c2ccccc2)[C@@H]2CC[C@H]1C2. The summed E-state index contributed by atoms with van der Waals surface area (Å²) >= 11 is 0. The van der Waals surface area contributed by atoms with Crippen LogP contribution in [0.1, 0.15) is 50.2 Å². The minimum Gasteiger partial charge on any atom is -0.0726 e. The zero-order valence-electron chi connectivity index (χ0n) is 14.2. The minimum atomic E-state index is 0.380. The van der Waals surface area contributed by atoms with E-state index in [4.69, 9.17) is 0 Å². The lowest BCUT2D eigenvalue weighted by Gasteiger charge is -2.34. The van der Waals surface area contributed by atoms with Gasteiger partial charge in [0.2, 0.25) is 0 Å². The van der Waals surface area contributed by atoms with Crippen LogP contribution in [0, 0.1) is 17.3 Å². The van der Waals surface area contributed by atoms with E-state index < -0.39 is 0 Å². The first kappa shape index (κ1) is 14.8. The molecule has 0 saturated heterocycles. The van der Waals surface area contributed by atoms with Gasteiger partial charge in [-0.3, -0.25) is 0 Å². The summed E-state index contributed by atoms with van der Waals surface area (Å²) in [6, 6.07) is 22.0. The molecule has 2 atom stereocenters. The largest absolute Gasteiger partial charge is 0.0726 e. The van der Waals surface area contributed by atoms with E-state index in [-0.39, 0.29) is 0 Å². The highest BCUT2D eigenvalue weighted by atomic mass is 14.5. The predicted octanol–water partition coefficient (Wildman–Crippen LogP) is 6.20. The summed E-state index contributed by atoms with van der Waals surface area (Å²) < 4.78 is 0. The summed E-state index contributed by atoms with van der Waals surface area (Å²) in [7, 11) is 0. The van der Waals surface area contributed by atoms with Crippen LogP contribution in [0.15, 0.2) is 72.3 Å². The van der Waals surface area contributed by atoms with Crippen molar-refractivity contribution >= 4 is 0 Å². The zero-order valence-corrected chi connectivity index (χ0v) is 14.2. The number of fused-ring (bicyclic) bond motifs is 2. The molecule has 0 aliphatic heterocycles. The Morgan fingerprint density at radius 3 is 1.91 bits per heavy atom. The van der Waals surface area contributed by atoms with E-state index >= 15 is 0 Å². The van der Waals surface area contributed by atoms with E-state index in [9.17, 15) is 0 Å². The summed E-state index contributed by atoms with van der Waals surface area (Å²) in [6.07, 6.45) is 6.84. The molecule has 23 heavy (non-hydrogen) atoms. The third kappa shape index (κ3) is 2.55. The van der Waals surface area contributed by atoms with E-state index in [1.165, 1.54) is 30.4 Å². The first-order valence-electron chi connectivity index (χ1n) is 8.98. The second-order valence-electron chi connectivity index (χ2n) is 7.85. The normalized spacial score (nSPS) is 27.0. The van der Waals surface area contributed by atoms with Crippen LogP contribution in [0.5, 0.6) is 0 Å². The van der Waals surface area contributed by atoms with Gasteiger partial charge in [-0.05, 0) is 47.6 Å². The van der Waals surface area contributed by atoms with Gasteiger partial charge in [0.05, 0.1) is 0 Å². The lowest BCUT2D eigenvalue weighted by Crippen LogP contribution is -2.23. The summed E-state index contributed by atoms with van der Waals surface area (Å²) in [6.45, 7) is 4.94. The molecule has 2 saturated carbocycles. The van der Waals surface area contributed by atoms with Crippen molar-refractivity contribution in [2.75, 3.05) is 0 Å². The Labute approximate surface area is 140 Å². The van der Waals surface area contributed by atoms with Crippen molar-refractivity contribution < 1.29 is 0 Å². The van der Waals surface area contributed by atoms with Gasteiger partial charge in [-0.25, -0.2) is 0 Å². The first-order chi connectivity index (χ1) is 11.2. The minimum absolute atomic E-state index is 0.380. The van der Waals surface area contributed by atoms with E-state index in [1.54, 1.807) is 5.57 Å². The third-order valence-corrected chi connectivity index (χ3v) is 6.30. The summed E-state index contributed by atoms with van der Waals surface area (Å²) in [5.74, 6) is 2.10. The molecule has 0 amide bonds. The molecule has 2 bridgehead atoms. The summed E-state index contributed by atoms with van der Waals surface area (Å²) in [4.78, 5) is 0. The maximum Gasteiger partial charge on any atom is 0.0272 e. The topological polar surface area (TPSA) is 0 Å². The Hall–Kier alpha value is -1.82. The smallest absolute Gasteiger partial charge is 0.0272 e. The van der Waals surface area contributed by atoms with E-state index in [2.05, 4.69) is 80.6 Å². The van der Waals surface area contributed by atoms with Crippen molar-refractivity contribution in [3.8, 4) is 0 Å². The van der Waals surface area contributed by atoms with E-state index in [0.717, 1.165) is 11.8 Å². The predicted molar refractivity (Wildman–Crippen MR) is 97.4 cm³/mol. The fourth-order valence-electron chi connectivity index (χ4n) is 4.92. The van der Waals surface area contributed by atoms with Crippen LogP contribution in [-0.2, 0) is 0 Å². The number of rotatable bonds is 3. The van der Waals surface area contributed by atoms with Crippen molar-refractivity contribution in [1.82, 2.24) is 0 Å². The number of hydrogen-bond donors (Lipinski definition) is 0. The van der Waals surface area contributed by atoms with Crippen molar-refractivity contribution in [2.45, 2.75) is 39.0 Å². The first-order valence-corrected chi connectivity index (χ1v) is 8.98. The van der Waals surface area contributed by atoms with Crippen molar-refractivity contribution in [3.05, 3.63) is 83.4 Å². The molecule has 2 aromatic rings. The van der Waals surface area contributed by atoms with Gasteiger partial charge < -0.3 is 0 Å². The van der Waals surface area contributed by atoms with Crippen LogP contribution < -0.4 is 0 Å². The Morgan fingerprint density at radius 1 is 0.870 bits per heavy atom. The van der Waals surface area contributed by atoms with Gasteiger partial charge >= 0.3 is 0 Å². The number of hydrogen-bond acceptors (Lipinski definition) is 0. The van der Waals surface area contributed by atoms with Crippen LogP contribution in [0.2, 0.25) is 0 Å². The summed E-state index contributed by atoms with van der Waals surface area (Å²) in [5.41, 5.74) is 4.91. The Bertz CT molecular complexity index is 654. The van der Waals surface area contributed by atoms with E-state index in [0.29, 0.717) is 11.3 Å². The lowest BCUT2D eigenvalue weighted by molar-refractivity contribution is 0.287. The second kappa shape index (κ2) is 5.67. The van der Waals surface area contributed by atoms with Crippen LogP contribution >= 0.6 is 0 Å². The van der Waals surface area contributed by atoms with Gasteiger partial charge in [-0.2, -0.15) is 0 Å². The fourth-order valence-corrected chi connectivity index (χ4v) is 4.92. The molecule has 2 aromatic carbocycles. The maximum absolute atomic E-state index is 2.61. The summed E-state index contributed by atoms with van der Waals surface area (Å²) in [5, 5.41) is 0. The maximum atomic E-state index is 2.61. The average Bonchev–Trinajstić information content (AvgIpc) is 3.15. The van der Waals surface area contributed by atoms with Gasteiger partial charge in [0, 0.05) is 5.92 Å². The van der Waals surface area contributed by atoms with Gasteiger partial charge in [-0.15, -0.1) is 0 Å². The fraction of sp³-hybridized carbons (Fsp3) is 0.391. The molecule has 2 aliphatic rings. The molecule has 0 heteroatoms. The molecular weight excluding hydrogens is 276 g/mol. The monoisotopic (exact) mass is 302 g/mol. The molecule has 0 nitrogen and oxygen atoms in total. The van der Waals surface area contributed by atoms with Crippen LogP contribution in [0.3, 0.4) is 0 Å². The van der Waals surface area contributed by atoms with Crippen LogP contribution in [0.25, 0.3) is 0 Å². The molecule has 118 valence electrons. The quantitative estimate of drug-likeness (QED) is 0.592. The molecule has 0 heterocycles. The highest BCUT2D eigenvalue weighted by Crippen LogP contribution is 2.59. The standard InChI is InChI=1S/C23H26/c1-23(2)20-14-13-19(15-20)22(23)16-21(17-9-5-3-6-10-17)18-11-7-4-8-12-18/h3-12,16,19-21H,13-15H2,1-2H3/b22-16-/t19-,20+/m1/s1. The third-order valence-electron chi connectivity index (χ3n) is 6.30. The molecule has 4 rings (SSSR count). The van der Waals surface area contributed by atoms with Gasteiger partial charge in [0.15, 0.2) is 0 Å². The Morgan fingerprint density at radius 2 is 1.43 bits per heavy atom. The van der Waals surface area contributed by atoms with E-state index in [1.807, 2.05) is 0 Å². The van der Waals surface area contributed by atoms with Gasteiger partial charge in [0.25, 0.3) is 0 Å². The second-order valence-corrected chi connectivity index (χ2v) is 7.85. The van der Waals surface area contributed by atoms with Crippen LogP contribution in [-0.4, -0.2) is 0 Å². The zero-order chi connectivity index (χ0) is 15.9. The molecule has 0 N–H and O–H groups in total. The highest BCUT2D eigenvalue weighted by molar-refractivity contribution is 5.40. The molecule has 0 unspecified atom stereocenters. The van der Waals surface area contributed by atoms with Crippen molar-refractivity contribution in [3.63, 3.8) is 0 Å². The molecule has 0 aromatic heterocycles. The molecular formula is C23H26. The molecule has 0 radical (unpaired) electrons. The average molecular weight is 302 g/mol. The lowest BCUT2D eigenvalue weighted by atomic mass is 9.71. The highest BCUT2D eigenvalue weighted by Gasteiger charge is 2.48. The van der Waals surface area contributed by atoms with Crippen molar-refractivity contribution in [2.24, 2.45) is 17.3 Å². The van der Waals surface area contributed by atoms with Crippen LogP contribution in [0.4, 0.5) is 0 Å². The van der Waals surface area contributed by atoms with Gasteiger partial charge in [0.1, 0.15) is 0 Å². The molecule has 2 aliphatic carbocycles. The Kier molecular flexibility index (Phi) is 3.64. The number of allylic oxidation sites excluding steroid dienone is 2.